The fraction of sp³-hybridized carbons (Fsp3) is 0.360. The second-order valence-electron chi connectivity index (χ2n) is 8.00. The van der Waals surface area contributed by atoms with Crippen LogP contribution in [-0.4, -0.2) is 40.9 Å². The molecule has 0 bridgehead atoms. The Morgan fingerprint density at radius 1 is 1.06 bits per heavy atom. The van der Waals surface area contributed by atoms with Crippen LogP contribution in [0, 0.1) is 13.8 Å². The van der Waals surface area contributed by atoms with Crippen LogP contribution >= 0.6 is 11.3 Å². The van der Waals surface area contributed by atoms with E-state index in [4.69, 9.17) is 4.74 Å². The molecule has 0 N–H and O–H groups in total. The molecule has 0 aliphatic carbocycles. The van der Waals surface area contributed by atoms with Crippen LogP contribution < -0.4 is 4.74 Å². The van der Waals surface area contributed by atoms with Crippen molar-refractivity contribution in [3.05, 3.63) is 75.2 Å². The number of Topliss-reactive ketones (excluding diaryl/α,β-unsaturated/α-hetero) is 1. The summed E-state index contributed by atoms with van der Waals surface area (Å²) in [7, 11) is 0. The Hall–Kier alpha value is -2.86. The molecule has 0 saturated carbocycles. The Labute approximate surface area is 187 Å². The van der Waals surface area contributed by atoms with Crippen LogP contribution in [0.4, 0.5) is 0 Å². The third-order valence-electron chi connectivity index (χ3n) is 5.90. The van der Waals surface area contributed by atoms with Gasteiger partial charge < -0.3 is 14.2 Å². The van der Waals surface area contributed by atoms with E-state index in [1.165, 1.54) is 4.88 Å². The van der Waals surface area contributed by atoms with Gasteiger partial charge in [0.2, 0.25) is 5.78 Å². The van der Waals surface area contributed by atoms with E-state index in [0.29, 0.717) is 16.9 Å². The first-order chi connectivity index (χ1) is 15.0. The number of amides is 1. The summed E-state index contributed by atoms with van der Waals surface area (Å²) < 4.78 is 7.92. The van der Waals surface area contributed by atoms with Crippen molar-refractivity contribution in [3.8, 4) is 5.75 Å². The van der Waals surface area contributed by atoms with E-state index < -0.39 is 0 Å². The van der Waals surface area contributed by atoms with Gasteiger partial charge in [-0.2, -0.15) is 0 Å². The van der Waals surface area contributed by atoms with Crippen LogP contribution in [0.15, 0.2) is 47.8 Å². The second kappa shape index (κ2) is 9.52. The molecule has 0 radical (unpaired) electrons. The normalized spacial score (nSPS) is 13.5. The van der Waals surface area contributed by atoms with E-state index in [9.17, 15) is 9.59 Å². The number of likely N-dealkylation sites (tertiary alicyclic amines) is 1. The molecule has 1 amide bonds. The molecule has 3 heterocycles. The first-order valence-corrected chi connectivity index (χ1v) is 11.7. The van der Waals surface area contributed by atoms with Gasteiger partial charge in [-0.1, -0.05) is 6.07 Å². The van der Waals surface area contributed by atoms with Gasteiger partial charge in [0.25, 0.3) is 5.91 Å². The minimum atomic E-state index is -0.0345. The molecule has 2 aromatic heterocycles. The van der Waals surface area contributed by atoms with E-state index in [0.717, 1.165) is 50.3 Å². The molecule has 1 aromatic carbocycles. The smallest absolute Gasteiger partial charge is 0.253 e. The first kappa shape index (κ1) is 21.4. The average Bonchev–Trinajstić information content (AvgIpc) is 3.54. The number of carbonyl (C=O) groups excluding carboxylic acids is 2. The molecule has 0 spiro atoms. The fourth-order valence-corrected chi connectivity index (χ4v) is 4.83. The van der Waals surface area contributed by atoms with Gasteiger partial charge in [0, 0.05) is 47.0 Å². The molecule has 0 unspecified atom stereocenters. The predicted molar refractivity (Wildman–Crippen MR) is 123 cm³/mol. The number of benzene rings is 1. The largest absolute Gasteiger partial charge is 0.485 e. The number of hydrogen-bond acceptors (Lipinski definition) is 4. The third-order valence-corrected chi connectivity index (χ3v) is 6.84. The number of aromatic nitrogens is 1. The summed E-state index contributed by atoms with van der Waals surface area (Å²) in [5.74, 6) is 0.626. The predicted octanol–water partition coefficient (Wildman–Crippen LogP) is 4.91. The van der Waals surface area contributed by atoms with E-state index in [2.05, 4.69) is 22.1 Å². The molecular formula is C25H28N2O3S. The number of rotatable bonds is 8. The Balaban J connectivity index is 1.35. The zero-order valence-electron chi connectivity index (χ0n) is 18.1. The van der Waals surface area contributed by atoms with Crippen molar-refractivity contribution in [1.29, 1.82) is 0 Å². The second-order valence-corrected chi connectivity index (χ2v) is 9.03. The minimum Gasteiger partial charge on any atom is -0.485 e. The van der Waals surface area contributed by atoms with Gasteiger partial charge in [-0.25, -0.2) is 0 Å². The Bertz CT molecular complexity index is 1050. The summed E-state index contributed by atoms with van der Waals surface area (Å²) in [6, 6.07) is 13.2. The van der Waals surface area contributed by atoms with Crippen molar-refractivity contribution < 1.29 is 14.3 Å². The van der Waals surface area contributed by atoms with Crippen molar-refractivity contribution in [3.63, 3.8) is 0 Å². The highest BCUT2D eigenvalue weighted by molar-refractivity contribution is 7.09. The van der Waals surface area contributed by atoms with Crippen LogP contribution in [0.5, 0.6) is 5.75 Å². The van der Waals surface area contributed by atoms with Gasteiger partial charge in [-0.15, -0.1) is 11.3 Å². The number of nitrogens with zero attached hydrogens (tertiary/aromatic N) is 2. The summed E-state index contributed by atoms with van der Waals surface area (Å²) in [5, 5.41) is 2.09. The maximum atomic E-state index is 12.8. The van der Waals surface area contributed by atoms with Crippen LogP contribution in [0.3, 0.4) is 0 Å². The molecule has 1 aliphatic heterocycles. The number of ketones is 1. The molecule has 162 valence electrons. The van der Waals surface area contributed by atoms with Gasteiger partial charge >= 0.3 is 0 Å². The molecular weight excluding hydrogens is 408 g/mol. The van der Waals surface area contributed by atoms with Gasteiger partial charge in [0.05, 0.1) is 0 Å². The molecule has 1 saturated heterocycles. The van der Waals surface area contributed by atoms with Crippen molar-refractivity contribution in [2.24, 2.45) is 0 Å². The van der Waals surface area contributed by atoms with E-state index in [1.807, 2.05) is 24.8 Å². The van der Waals surface area contributed by atoms with Gasteiger partial charge in [0.1, 0.15) is 5.75 Å². The molecule has 0 atom stereocenters. The quantitative estimate of drug-likeness (QED) is 0.472. The summed E-state index contributed by atoms with van der Waals surface area (Å²) in [5.41, 5.74) is 3.44. The van der Waals surface area contributed by atoms with Gasteiger partial charge in [-0.05, 0) is 74.9 Å². The summed E-state index contributed by atoms with van der Waals surface area (Å²) in [6.45, 7) is 6.53. The molecule has 1 fully saturated rings. The van der Waals surface area contributed by atoms with Crippen LogP contribution in [0.25, 0.3) is 0 Å². The van der Waals surface area contributed by atoms with Gasteiger partial charge in [0.15, 0.2) is 6.61 Å². The number of aryl methyl sites for hydroxylation is 2. The zero-order chi connectivity index (χ0) is 21.8. The van der Waals surface area contributed by atoms with Crippen LogP contribution in [0.1, 0.15) is 49.8 Å². The standard InChI is InChI=1S/C25H28N2O3S/c1-18-16-23(19(2)27(18)14-11-22-6-5-15-31-22)24(28)17-30-21-9-7-20(8-10-21)25(29)26-12-3-4-13-26/h5-10,15-16H,3-4,11-14,17H2,1-2H3. The fourth-order valence-electron chi connectivity index (χ4n) is 4.13. The van der Waals surface area contributed by atoms with Crippen LogP contribution in [-0.2, 0) is 13.0 Å². The lowest BCUT2D eigenvalue weighted by atomic mass is 10.1. The SMILES string of the molecule is Cc1cc(C(=O)COc2ccc(C(=O)N3CCCC3)cc2)c(C)n1CCc1cccs1. The van der Waals surface area contributed by atoms with Crippen LogP contribution in [0.2, 0.25) is 0 Å². The molecule has 1 aliphatic rings. The molecule has 5 nitrogen and oxygen atoms in total. The molecule has 4 rings (SSSR count). The van der Waals surface area contributed by atoms with E-state index >= 15 is 0 Å². The minimum absolute atomic E-state index is 0.0192. The zero-order valence-corrected chi connectivity index (χ0v) is 18.9. The highest BCUT2D eigenvalue weighted by Crippen LogP contribution is 2.20. The highest BCUT2D eigenvalue weighted by atomic mass is 32.1. The lowest BCUT2D eigenvalue weighted by Crippen LogP contribution is -2.27. The summed E-state index contributed by atoms with van der Waals surface area (Å²) in [6.07, 6.45) is 3.11. The third kappa shape index (κ3) is 4.90. The van der Waals surface area contributed by atoms with Crippen molar-refractivity contribution in [2.45, 2.75) is 39.7 Å². The molecule has 6 heteroatoms. The van der Waals surface area contributed by atoms with E-state index in [-0.39, 0.29) is 18.3 Å². The average molecular weight is 437 g/mol. The maximum absolute atomic E-state index is 12.8. The van der Waals surface area contributed by atoms with Crippen molar-refractivity contribution in [1.82, 2.24) is 9.47 Å². The summed E-state index contributed by atoms with van der Waals surface area (Å²) in [4.78, 5) is 28.5. The molecule has 31 heavy (non-hydrogen) atoms. The lowest BCUT2D eigenvalue weighted by molar-refractivity contribution is 0.0792. The van der Waals surface area contributed by atoms with Crippen molar-refractivity contribution in [2.75, 3.05) is 19.7 Å². The molecule has 3 aromatic rings. The van der Waals surface area contributed by atoms with E-state index in [1.54, 1.807) is 35.6 Å². The maximum Gasteiger partial charge on any atom is 0.253 e. The first-order valence-electron chi connectivity index (χ1n) is 10.8. The number of ether oxygens (including phenoxy) is 1. The monoisotopic (exact) mass is 436 g/mol. The van der Waals surface area contributed by atoms with Crippen molar-refractivity contribution >= 4 is 23.0 Å². The lowest BCUT2D eigenvalue weighted by Gasteiger charge is -2.15. The number of thiophene rings is 1. The number of hydrogen-bond donors (Lipinski definition) is 0. The topological polar surface area (TPSA) is 51.5 Å². The Kier molecular flexibility index (Phi) is 6.56. The van der Waals surface area contributed by atoms with Gasteiger partial charge in [-0.3, -0.25) is 9.59 Å². The highest BCUT2D eigenvalue weighted by Gasteiger charge is 2.20. The Morgan fingerprint density at radius 3 is 2.48 bits per heavy atom. The Morgan fingerprint density at radius 2 is 1.81 bits per heavy atom. The summed E-state index contributed by atoms with van der Waals surface area (Å²) >= 11 is 1.76. The number of carbonyl (C=O) groups is 2.